The van der Waals surface area contributed by atoms with E-state index in [1.807, 2.05) is 0 Å². The highest BCUT2D eigenvalue weighted by Crippen LogP contribution is 2.35. The van der Waals surface area contributed by atoms with E-state index in [1.165, 1.54) is 30.5 Å². The van der Waals surface area contributed by atoms with E-state index >= 15 is 0 Å². The van der Waals surface area contributed by atoms with E-state index in [0.717, 1.165) is 0 Å². The zero-order valence-corrected chi connectivity index (χ0v) is 8.32. The Balaban J connectivity index is 2.29. The summed E-state index contributed by atoms with van der Waals surface area (Å²) in [7, 11) is 0.0990. The zero-order valence-electron chi connectivity index (χ0n) is 7.32. The minimum Gasteiger partial charge on any atom is -0.0680 e. The molecule has 10 heavy (non-hydrogen) atoms. The second kappa shape index (κ2) is 4.17. The number of rotatable bonds is 3. The van der Waals surface area contributed by atoms with Gasteiger partial charge in [0.05, 0.1) is 8.80 Å². The predicted octanol–water partition coefficient (Wildman–Crippen LogP) is 3.47. The highest BCUT2D eigenvalue weighted by molar-refractivity contribution is 6.60. The molecule has 0 aliphatic heterocycles. The molecule has 1 rings (SSSR count). The van der Waals surface area contributed by atoms with E-state index in [-0.39, 0.29) is 8.80 Å². The second-order valence-corrected chi connectivity index (χ2v) is 6.89. The topological polar surface area (TPSA) is 0 Å². The Hall–Kier alpha value is 0.217. The summed E-state index contributed by atoms with van der Waals surface area (Å²) >= 11 is 0. The largest absolute Gasteiger partial charge is 0.0680 e. The van der Waals surface area contributed by atoms with Crippen LogP contribution in [0.25, 0.3) is 0 Å². The first-order valence-corrected chi connectivity index (χ1v) is 6.72. The van der Waals surface area contributed by atoms with Gasteiger partial charge in [0.25, 0.3) is 0 Å². The van der Waals surface area contributed by atoms with Crippen LogP contribution in [0.3, 0.4) is 0 Å². The first-order chi connectivity index (χ1) is 4.88. The summed E-state index contributed by atoms with van der Waals surface area (Å²) in [4.78, 5) is 0. The van der Waals surface area contributed by atoms with Gasteiger partial charge in [0.15, 0.2) is 0 Å². The third kappa shape index (κ3) is 1.85. The quantitative estimate of drug-likeness (QED) is 0.547. The summed E-state index contributed by atoms with van der Waals surface area (Å²) in [5.74, 6) is 0. The first kappa shape index (κ1) is 8.31. The first-order valence-electron chi connectivity index (χ1n) is 4.73. The second-order valence-electron chi connectivity index (χ2n) is 3.35. The maximum atomic E-state index is 2.39. The Morgan fingerprint density at radius 3 is 2.00 bits per heavy atom. The monoisotopic (exact) mass is 155 g/mol. The van der Waals surface area contributed by atoms with Gasteiger partial charge in [-0.15, -0.1) is 0 Å². The summed E-state index contributed by atoms with van der Waals surface area (Å²) in [5, 5.41) is 0. The summed E-state index contributed by atoms with van der Waals surface area (Å²) in [5.41, 5.74) is 1.19. The maximum Gasteiger partial charge on any atom is 0.0506 e. The fraction of sp³-hybridized carbons (Fsp3) is 1.00. The molecule has 0 nitrogen and oxygen atoms in total. The molecular formula is C9H19Si. The molecule has 0 aromatic heterocycles. The molecule has 0 spiro atoms. The summed E-state index contributed by atoms with van der Waals surface area (Å²) in [6.45, 7) is 4.77. The van der Waals surface area contributed by atoms with Crippen molar-refractivity contribution in [1.82, 2.24) is 0 Å². The Kier molecular flexibility index (Phi) is 3.47. The van der Waals surface area contributed by atoms with E-state index in [0.29, 0.717) is 0 Å². The van der Waals surface area contributed by atoms with E-state index in [4.69, 9.17) is 0 Å². The minimum atomic E-state index is 0.0990. The van der Waals surface area contributed by atoms with Gasteiger partial charge >= 0.3 is 0 Å². The van der Waals surface area contributed by atoms with Crippen molar-refractivity contribution in [3.8, 4) is 0 Å². The molecule has 1 heteroatoms. The molecule has 0 bridgehead atoms. The normalized spacial score (nSPS) is 20.7. The lowest BCUT2D eigenvalue weighted by molar-refractivity contribution is 0.840. The molecule has 1 fully saturated rings. The van der Waals surface area contributed by atoms with Gasteiger partial charge in [-0.05, 0) is 5.54 Å². The molecule has 0 atom stereocenters. The Bertz CT molecular complexity index is 80.7. The van der Waals surface area contributed by atoms with Gasteiger partial charge in [-0.2, -0.15) is 0 Å². The fourth-order valence-electron chi connectivity index (χ4n) is 2.16. The molecule has 0 unspecified atom stereocenters. The van der Waals surface area contributed by atoms with Crippen molar-refractivity contribution in [3.05, 3.63) is 0 Å². The van der Waals surface area contributed by atoms with E-state index in [1.54, 1.807) is 12.8 Å². The average Bonchev–Trinajstić information content (AvgIpc) is 2.43. The van der Waals surface area contributed by atoms with Crippen LogP contribution in [-0.4, -0.2) is 8.80 Å². The lowest BCUT2D eigenvalue weighted by Gasteiger charge is -2.17. The van der Waals surface area contributed by atoms with E-state index in [2.05, 4.69) is 13.8 Å². The number of hydrogen-bond donors (Lipinski definition) is 0. The minimum absolute atomic E-state index is 0.0990. The van der Waals surface area contributed by atoms with Gasteiger partial charge in [-0.3, -0.25) is 0 Å². The standard InChI is InChI=1S/C9H19Si/c1-3-10(4-2)9-7-5-6-8-9/h9H,3-8H2,1-2H3. The number of hydrogen-bond acceptors (Lipinski definition) is 0. The summed E-state index contributed by atoms with van der Waals surface area (Å²) in [6, 6.07) is 3.01. The van der Waals surface area contributed by atoms with Gasteiger partial charge in [-0.25, -0.2) is 0 Å². The van der Waals surface area contributed by atoms with Crippen molar-refractivity contribution in [2.75, 3.05) is 0 Å². The highest BCUT2D eigenvalue weighted by atomic mass is 28.3. The average molecular weight is 155 g/mol. The fourth-order valence-corrected chi connectivity index (χ4v) is 5.04. The molecule has 1 radical (unpaired) electrons. The van der Waals surface area contributed by atoms with Crippen LogP contribution in [0, 0.1) is 0 Å². The third-order valence-electron chi connectivity index (χ3n) is 2.84. The molecule has 0 N–H and O–H groups in total. The predicted molar refractivity (Wildman–Crippen MR) is 48.9 cm³/mol. The molecule has 0 aromatic carbocycles. The van der Waals surface area contributed by atoms with Crippen LogP contribution in [0.5, 0.6) is 0 Å². The van der Waals surface area contributed by atoms with Gasteiger partial charge < -0.3 is 0 Å². The van der Waals surface area contributed by atoms with Crippen LogP contribution in [0.2, 0.25) is 17.6 Å². The lowest BCUT2D eigenvalue weighted by atomic mass is 10.4. The van der Waals surface area contributed by atoms with Crippen molar-refractivity contribution in [2.24, 2.45) is 0 Å². The molecule has 1 aliphatic carbocycles. The van der Waals surface area contributed by atoms with Gasteiger partial charge in [0.2, 0.25) is 0 Å². The summed E-state index contributed by atoms with van der Waals surface area (Å²) in [6.07, 6.45) is 6.18. The van der Waals surface area contributed by atoms with Crippen molar-refractivity contribution in [2.45, 2.75) is 57.2 Å². The Labute approximate surface area is 66.6 Å². The van der Waals surface area contributed by atoms with Crippen LogP contribution < -0.4 is 0 Å². The lowest BCUT2D eigenvalue weighted by Crippen LogP contribution is -2.15. The molecule has 1 aliphatic rings. The van der Waals surface area contributed by atoms with E-state index < -0.39 is 0 Å². The van der Waals surface area contributed by atoms with Gasteiger partial charge in [-0.1, -0.05) is 51.6 Å². The van der Waals surface area contributed by atoms with Crippen LogP contribution in [0.15, 0.2) is 0 Å². The van der Waals surface area contributed by atoms with Crippen LogP contribution in [0.1, 0.15) is 39.5 Å². The van der Waals surface area contributed by atoms with E-state index in [9.17, 15) is 0 Å². The Morgan fingerprint density at radius 2 is 1.60 bits per heavy atom. The molecule has 0 amide bonds. The van der Waals surface area contributed by atoms with Crippen molar-refractivity contribution in [1.29, 1.82) is 0 Å². The van der Waals surface area contributed by atoms with Crippen LogP contribution in [0.4, 0.5) is 0 Å². The zero-order chi connectivity index (χ0) is 7.40. The van der Waals surface area contributed by atoms with Crippen molar-refractivity contribution < 1.29 is 0 Å². The van der Waals surface area contributed by atoms with Crippen LogP contribution in [-0.2, 0) is 0 Å². The molecule has 1 saturated carbocycles. The molecule has 0 heterocycles. The third-order valence-corrected chi connectivity index (χ3v) is 6.39. The smallest absolute Gasteiger partial charge is 0.0506 e. The van der Waals surface area contributed by atoms with Gasteiger partial charge in [0.1, 0.15) is 0 Å². The van der Waals surface area contributed by atoms with Gasteiger partial charge in [0, 0.05) is 0 Å². The SMILES string of the molecule is CC[Si](CC)C1CCCC1. The summed E-state index contributed by atoms with van der Waals surface area (Å²) < 4.78 is 0. The molecule has 59 valence electrons. The molecular weight excluding hydrogens is 136 g/mol. The van der Waals surface area contributed by atoms with Crippen molar-refractivity contribution in [3.63, 3.8) is 0 Å². The van der Waals surface area contributed by atoms with Crippen molar-refractivity contribution >= 4 is 8.80 Å². The maximum absolute atomic E-state index is 2.39. The molecule has 0 aromatic rings. The highest BCUT2D eigenvalue weighted by Gasteiger charge is 2.22. The molecule has 0 saturated heterocycles. The van der Waals surface area contributed by atoms with Crippen LogP contribution >= 0.6 is 0 Å². The Morgan fingerprint density at radius 1 is 1.10 bits per heavy atom.